The van der Waals surface area contributed by atoms with Crippen molar-refractivity contribution in [1.29, 1.82) is 0 Å². The minimum atomic E-state index is -0.393. The van der Waals surface area contributed by atoms with Gasteiger partial charge in [-0.1, -0.05) is 0 Å². The lowest BCUT2D eigenvalue weighted by molar-refractivity contribution is -0.270. The van der Waals surface area contributed by atoms with Crippen molar-refractivity contribution in [3.05, 3.63) is 0 Å². The molecule has 0 aromatic rings. The Morgan fingerprint density at radius 3 is 2.54 bits per heavy atom. The molecule has 0 unspecified atom stereocenters. The van der Waals surface area contributed by atoms with Crippen LogP contribution in [0.25, 0.3) is 0 Å². The third-order valence-electron chi connectivity index (χ3n) is 1.69. The van der Waals surface area contributed by atoms with E-state index in [4.69, 9.17) is 4.89 Å². The standard InChI is InChI=1S/C8H16N2O3/c1-7(2)12-13-8(11)10-5-3-9-4-6-10/h7,9H,3-6H2,1-2H3. The summed E-state index contributed by atoms with van der Waals surface area (Å²) in [7, 11) is 0. The third-order valence-corrected chi connectivity index (χ3v) is 1.69. The molecule has 1 amide bonds. The Morgan fingerprint density at radius 1 is 1.38 bits per heavy atom. The number of amides is 1. The van der Waals surface area contributed by atoms with Crippen LogP contribution < -0.4 is 5.32 Å². The van der Waals surface area contributed by atoms with Crippen LogP contribution in [0.4, 0.5) is 4.79 Å². The minimum Gasteiger partial charge on any atom is -0.313 e. The Balaban J connectivity index is 2.21. The Labute approximate surface area is 77.9 Å². The lowest BCUT2D eigenvalue weighted by Crippen LogP contribution is -2.46. The van der Waals surface area contributed by atoms with Gasteiger partial charge in [0.15, 0.2) is 0 Å². The molecule has 0 aromatic heterocycles. The molecule has 5 nitrogen and oxygen atoms in total. The SMILES string of the molecule is CC(C)OOC(=O)N1CCNCC1. The van der Waals surface area contributed by atoms with Crippen LogP contribution in [0.5, 0.6) is 0 Å². The van der Waals surface area contributed by atoms with Gasteiger partial charge in [0, 0.05) is 26.2 Å². The van der Waals surface area contributed by atoms with Gasteiger partial charge < -0.3 is 10.2 Å². The molecule has 13 heavy (non-hydrogen) atoms. The molecule has 0 spiro atoms. The molecule has 1 saturated heterocycles. The maximum absolute atomic E-state index is 11.3. The Bertz CT molecular complexity index is 167. The first-order chi connectivity index (χ1) is 6.20. The summed E-state index contributed by atoms with van der Waals surface area (Å²) in [4.78, 5) is 22.2. The van der Waals surface area contributed by atoms with Gasteiger partial charge >= 0.3 is 6.09 Å². The molecular formula is C8H16N2O3. The third kappa shape index (κ3) is 3.61. The zero-order valence-electron chi connectivity index (χ0n) is 8.08. The van der Waals surface area contributed by atoms with Crippen LogP contribution in [0.3, 0.4) is 0 Å². The van der Waals surface area contributed by atoms with Gasteiger partial charge in [0.1, 0.15) is 0 Å². The summed E-state index contributed by atoms with van der Waals surface area (Å²) < 4.78 is 0. The quantitative estimate of drug-likeness (QED) is 0.502. The van der Waals surface area contributed by atoms with Gasteiger partial charge in [-0.05, 0) is 13.8 Å². The Hall–Kier alpha value is -0.810. The van der Waals surface area contributed by atoms with Crippen LogP contribution in [-0.4, -0.2) is 43.3 Å². The predicted octanol–water partition coefficient (Wildman–Crippen LogP) is 0.368. The molecule has 1 aliphatic heterocycles. The first-order valence-corrected chi connectivity index (χ1v) is 4.53. The predicted molar refractivity (Wildman–Crippen MR) is 47.1 cm³/mol. The minimum absolute atomic E-state index is 0.0909. The number of piperazine rings is 1. The summed E-state index contributed by atoms with van der Waals surface area (Å²) in [5.41, 5.74) is 0. The molecule has 1 N–H and O–H groups in total. The van der Waals surface area contributed by atoms with Gasteiger partial charge in [-0.25, -0.2) is 4.79 Å². The smallest absolute Gasteiger partial charge is 0.313 e. The Kier molecular flexibility index (Phi) is 3.98. The summed E-state index contributed by atoms with van der Waals surface area (Å²) in [6.07, 6.45) is -0.484. The van der Waals surface area contributed by atoms with E-state index in [2.05, 4.69) is 10.2 Å². The van der Waals surface area contributed by atoms with E-state index in [9.17, 15) is 4.79 Å². The van der Waals surface area contributed by atoms with E-state index in [0.29, 0.717) is 13.1 Å². The molecule has 1 aliphatic rings. The molecular weight excluding hydrogens is 172 g/mol. The monoisotopic (exact) mass is 188 g/mol. The summed E-state index contributed by atoms with van der Waals surface area (Å²) in [5.74, 6) is 0. The lowest BCUT2D eigenvalue weighted by atomic mass is 10.4. The summed E-state index contributed by atoms with van der Waals surface area (Å²) in [6.45, 7) is 6.62. The van der Waals surface area contributed by atoms with Crippen LogP contribution >= 0.6 is 0 Å². The highest BCUT2D eigenvalue weighted by Gasteiger charge is 2.18. The lowest BCUT2D eigenvalue weighted by Gasteiger charge is -2.25. The molecule has 1 rings (SSSR count). The number of carbonyl (C=O) groups excluding carboxylic acids is 1. The Morgan fingerprint density at radius 2 is 2.00 bits per heavy atom. The van der Waals surface area contributed by atoms with E-state index >= 15 is 0 Å². The van der Waals surface area contributed by atoms with Crippen LogP contribution in [0.1, 0.15) is 13.8 Å². The highest BCUT2D eigenvalue weighted by Crippen LogP contribution is 1.98. The van der Waals surface area contributed by atoms with Crippen molar-refractivity contribution in [2.75, 3.05) is 26.2 Å². The van der Waals surface area contributed by atoms with E-state index in [1.165, 1.54) is 0 Å². The molecule has 1 heterocycles. The number of nitrogens with one attached hydrogen (secondary N) is 1. The number of nitrogens with zero attached hydrogens (tertiary/aromatic N) is 1. The topological polar surface area (TPSA) is 50.8 Å². The molecule has 0 atom stereocenters. The average molecular weight is 188 g/mol. The fourth-order valence-electron chi connectivity index (χ4n) is 1.04. The van der Waals surface area contributed by atoms with E-state index in [1.807, 2.05) is 13.8 Å². The van der Waals surface area contributed by atoms with Gasteiger partial charge in [0.25, 0.3) is 0 Å². The number of rotatable bonds is 2. The number of hydrogen-bond acceptors (Lipinski definition) is 4. The van der Waals surface area contributed by atoms with E-state index in [1.54, 1.807) is 4.90 Å². The van der Waals surface area contributed by atoms with Crippen molar-refractivity contribution in [3.8, 4) is 0 Å². The summed E-state index contributed by atoms with van der Waals surface area (Å²) in [5, 5.41) is 3.14. The van der Waals surface area contributed by atoms with Gasteiger partial charge in [-0.3, -0.25) is 4.89 Å². The fourth-order valence-corrected chi connectivity index (χ4v) is 1.04. The average Bonchev–Trinajstić information content (AvgIpc) is 2.15. The highest BCUT2D eigenvalue weighted by atomic mass is 17.2. The van der Waals surface area contributed by atoms with Gasteiger partial charge in [-0.15, -0.1) is 0 Å². The molecule has 0 aliphatic carbocycles. The van der Waals surface area contributed by atoms with E-state index in [0.717, 1.165) is 13.1 Å². The van der Waals surface area contributed by atoms with Gasteiger partial charge in [0.05, 0.1) is 6.10 Å². The normalized spacial score (nSPS) is 17.6. The molecule has 0 saturated carbocycles. The highest BCUT2D eigenvalue weighted by molar-refractivity contribution is 5.67. The molecule has 5 heteroatoms. The summed E-state index contributed by atoms with van der Waals surface area (Å²) >= 11 is 0. The van der Waals surface area contributed by atoms with Crippen molar-refractivity contribution >= 4 is 6.09 Å². The molecule has 0 aromatic carbocycles. The van der Waals surface area contributed by atoms with Crippen molar-refractivity contribution in [3.63, 3.8) is 0 Å². The second-order valence-electron chi connectivity index (χ2n) is 3.23. The molecule has 1 fully saturated rings. The molecule has 0 radical (unpaired) electrons. The van der Waals surface area contributed by atoms with Crippen LogP contribution in [0.2, 0.25) is 0 Å². The zero-order chi connectivity index (χ0) is 9.68. The maximum Gasteiger partial charge on any atom is 0.441 e. The van der Waals surface area contributed by atoms with E-state index in [-0.39, 0.29) is 6.10 Å². The van der Waals surface area contributed by atoms with Crippen molar-refractivity contribution in [2.45, 2.75) is 20.0 Å². The largest absolute Gasteiger partial charge is 0.441 e. The van der Waals surface area contributed by atoms with Crippen LogP contribution in [0.15, 0.2) is 0 Å². The van der Waals surface area contributed by atoms with Crippen molar-refractivity contribution in [2.24, 2.45) is 0 Å². The van der Waals surface area contributed by atoms with Gasteiger partial charge in [0.2, 0.25) is 0 Å². The van der Waals surface area contributed by atoms with Crippen LogP contribution in [-0.2, 0) is 9.78 Å². The van der Waals surface area contributed by atoms with Crippen LogP contribution in [0, 0.1) is 0 Å². The first kappa shape index (κ1) is 10.3. The van der Waals surface area contributed by atoms with Crippen molar-refractivity contribution in [1.82, 2.24) is 10.2 Å². The molecule has 0 bridgehead atoms. The summed E-state index contributed by atoms with van der Waals surface area (Å²) in [6, 6.07) is 0. The number of carbonyl (C=O) groups is 1. The van der Waals surface area contributed by atoms with Gasteiger partial charge in [-0.2, -0.15) is 4.89 Å². The second-order valence-corrected chi connectivity index (χ2v) is 3.23. The first-order valence-electron chi connectivity index (χ1n) is 4.53. The maximum atomic E-state index is 11.3. The fraction of sp³-hybridized carbons (Fsp3) is 0.875. The zero-order valence-corrected chi connectivity index (χ0v) is 8.08. The van der Waals surface area contributed by atoms with Crippen molar-refractivity contribution < 1.29 is 14.6 Å². The second kappa shape index (κ2) is 5.04. The van der Waals surface area contributed by atoms with E-state index < -0.39 is 6.09 Å². The number of hydrogen-bond donors (Lipinski definition) is 1. The molecule has 76 valence electrons.